The number of hydrogen-bond donors (Lipinski definition) is 1. The van der Waals surface area contributed by atoms with Crippen LogP contribution in [0.1, 0.15) is 33.6 Å². The number of piperidine rings is 1. The molecule has 1 amide bonds. The zero-order valence-electron chi connectivity index (χ0n) is 16.5. The summed E-state index contributed by atoms with van der Waals surface area (Å²) in [5.74, 6) is 0.436. The van der Waals surface area contributed by atoms with Crippen LogP contribution in [0.4, 0.5) is 14.9 Å². The van der Waals surface area contributed by atoms with Crippen molar-refractivity contribution in [3.05, 3.63) is 24.0 Å². The molecule has 6 nitrogen and oxygen atoms in total. The van der Waals surface area contributed by atoms with Crippen molar-refractivity contribution >= 4 is 11.8 Å². The summed E-state index contributed by atoms with van der Waals surface area (Å²) in [7, 11) is 0. The van der Waals surface area contributed by atoms with E-state index in [9.17, 15) is 9.18 Å². The number of benzene rings is 1. The van der Waals surface area contributed by atoms with Gasteiger partial charge in [0.2, 0.25) is 0 Å². The molecule has 1 aromatic carbocycles. The third-order valence-electron chi connectivity index (χ3n) is 4.78. The Balaban J connectivity index is 1.60. The molecule has 0 bridgehead atoms. The van der Waals surface area contributed by atoms with E-state index in [0.29, 0.717) is 37.6 Å². The molecule has 0 atom stereocenters. The quantitative estimate of drug-likeness (QED) is 0.875. The van der Waals surface area contributed by atoms with E-state index < -0.39 is 5.60 Å². The van der Waals surface area contributed by atoms with Crippen LogP contribution in [0, 0.1) is 5.82 Å². The number of carbonyl (C=O) groups is 1. The first kappa shape index (κ1) is 19.7. The number of halogens is 1. The number of nitrogens with one attached hydrogen (secondary N) is 1. The van der Waals surface area contributed by atoms with Gasteiger partial charge in [-0.3, -0.25) is 0 Å². The molecule has 2 heterocycles. The van der Waals surface area contributed by atoms with E-state index >= 15 is 0 Å². The van der Waals surface area contributed by atoms with Crippen molar-refractivity contribution in [2.24, 2.45) is 0 Å². The summed E-state index contributed by atoms with van der Waals surface area (Å²) in [5.41, 5.74) is 0.0194. The summed E-state index contributed by atoms with van der Waals surface area (Å²) >= 11 is 0. The van der Waals surface area contributed by atoms with Crippen molar-refractivity contribution in [3.8, 4) is 5.75 Å². The van der Waals surface area contributed by atoms with Gasteiger partial charge in [0.05, 0.1) is 5.69 Å². The maximum atomic E-state index is 14.4. The molecule has 0 saturated carbocycles. The fraction of sp³-hybridized carbons (Fsp3) is 0.650. The Labute approximate surface area is 160 Å². The lowest BCUT2D eigenvalue weighted by Crippen LogP contribution is -2.50. The molecule has 150 valence electrons. The number of carbonyl (C=O) groups excluding carboxylic acids is 1. The van der Waals surface area contributed by atoms with Gasteiger partial charge in [0.15, 0.2) is 0 Å². The lowest BCUT2D eigenvalue weighted by molar-refractivity contribution is 0.0240. The number of amides is 1. The van der Waals surface area contributed by atoms with E-state index in [4.69, 9.17) is 9.47 Å². The van der Waals surface area contributed by atoms with Gasteiger partial charge in [0.25, 0.3) is 0 Å². The van der Waals surface area contributed by atoms with Gasteiger partial charge in [0, 0.05) is 32.2 Å². The van der Waals surface area contributed by atoms with Crippen molar-refractivity contribution in [1.82, 2.24) is 10.2 Å². The Morgan fingerprint density at radius 3 is 2.44 bits per heavy atom. The number of hydrogen-bond acceptors (Lipinski definition) is 5. The first-order valence-corrected chi connectivity index (χ1v) is 9.71. The molecule has 2 aliphatic heterocycles. The lowest BCUT2D eigenvalue weighted by Gasteiger charge is -2.37. The van der Waals surface area contributed by atoms with Gasteiger partial charge in [-0.25, -0.2) is 9.18 Å². The Bertz CT molecular complexity index is 648. The summed E-state index contributed by atoms with van der Waals surface area (Å²) in [6.45, 7) is 9.59. The topological polar surface area (TPSA) is 54.0 Å². The van der Waals surface area contributed by atoms with Crippen LogP contribution in [0.3, 0.4) is 0 Å². The molecule has 0 radical (unpaired) electrons. The highest BCUT2D eigenvalue weighted by Gasteiger charge is 2.27. The van der Waals surface area contributed by atoms with Crippen molar-refractivity contribution in [2.45, 2.75) is 45.3 Å². The predicted octanol–water partition coefficient (Wildman–Crippen LogP) is 3.01. The van der Waals surface area contributed by atoms with Crippen LogP contribution in [0.5, 0.6) is 5.75 Å². The minimum atomic E-state index is -0.513. The Morgan fingerprint density at radius 2 is 1.81 bits per heavy atom. The fourth-order valence-electron chi connectivity index (χ4n) is 3.37. The Hall–Kier alpha value is -2.02. The lowest BCUT2D eigenvalue weighted by atomic mass is 10.1. The van der Waals surface area contributed by atoms with Crippen LogP contribution in [0.25, 0.3) is 0 Å². The molecule has 2 aliphatic rings. The van der Waals surface area contributed by atoms with Crippen LogP contribution < -0.4 is 15.0 Å². The average Bonchev–Trinajstić information content (AvgIpc) is 2.63. The largest absolute Gasteiger partial charge is 0.490 e. The number of rotatable bonds is 3. The Morgan fingerprint density at radius 1 is 1.15 bits per heavy atom. The third kappa shape index (κ3) is 5.48. The molecule has 0 aromatic heterocycles. The van der Waals surface area contributed by atoms with Gasteiger partial charge in [-0.2, -0.15) is 0 Å². The zero-order chi connectivity index (χ0) is 19.4. The highest BCUT2D eigenvalue weighted by molar-refractivity contribution is 5.68. The van der Waals surface area contributed by atoms with Crippen molar-refractivity contribution in [3.63, 3.8) is 0 Å². The van der Waals surface area contributed by atoms with Gasteiger partial charge >= 0.3 is 6.09 Å². The molecule has 7 heteroatoms. The smallest absolute Gasteiger partial charge is 0.410 e. The van der Waals surface area contributed by atoms with E-state index in [1.165, 1.54) is 6.07 Å². The highest BCUT2D eigenvalue weighted by Crippen LogP contribution is 2.28. The minimum Gasteiger partial charge on any atom is -0.490 e. The number of piperazine rings is 1. The molecular weight excluding hydrogens is 349 g/mol. The molecule has 0 spiro atoms. The normalized spacial score (nSPS) is 19.1. The fourth-order valence-corrected chi connectivity index (χ4v) is 3.37. The van der Waals surface area contributed by atoms with Crippen LogP contribution >= 0.6 is 0 Å². The van der Waals surface area contributed by atoms with Crippen LogP contribution in [-0.4, -0.2) is 62.0 Å². The van der Waals surface area contributed by atoms with E-state index in [1.807, 2.05) is 25.7 Å². The molecule has 27 heavy (non-hydrogen) atoms. The van der Waals surface area contributed by atoms with E-state index in [1.54, 1.807) is 17.0 Å². The second-order valence-corrected chi connectivity index (χ2v) is 8.13. The number of anilines is 1. The predicted molar refractivity (Wildman–Crippen MR) is 103 cm³/mol. The zero-order valence-corrected chi connectivity index (χ0v) is 16.5. The second kappa shape index (κ2) is 8.33. The van der Waals surface area contributed by atoms with Gasteiger partial charge in [-0.15, -0.1) is 0 Å². The summed E-state index contributed by atoms with van der Waals surface area (Å²) in [6, 6.07) is 4.93. The van der Waals surface area contributed by atoms with Crippen molar-refractivity contribution < 1.29 is 18.7 Å². The maximum absolute atomic E-state index is 14.4. The average molecular weight is 379 g/mol. The van der Waals surface area contributed by atoms with Crippen molar-refractivity contribution in [1.29, 1.82) is 0 Å². The van der Waals surface area contributed by atoms with E-state index in [-0.39, 0.29) is 18.0 Å². The van der Waals surface area contributed by atoms with Gasteiger partial charge in [-0.05, 0) is 58.8 Å². The maximum Gasteiger partial charge on any atom is 0.410 e. The summed E-state index contributed by atoms with van der Waals surface area (Å²) in [6.07, 6.45) is 1.78. The van der Waals surface area contributed by atoms with Gasteiger partial charge in [0.1, 0.15) is 23.3 Å². The van der Waals surface area contributed by atoms with Crippen LogP contribution in [-0.2, 0) is 4.74 Å². The molecule has 3 rings (SSSR count). The van der Waals surface area contributed by atoms with Gasteiger partial charge in [-0.1, -0.05) is 0 Å². The molecule has 0 unspecified atom stereocenters. The second-order valence-electron chi connectivity index (χ2n) is 8.13. The van der Waals surface area contributed by atoms with Crippen LogP contribution in [0.15, 0.2) is 18.2 Å². The molecule has 1 aromatic rings. The number of ether oxygens (including phenoxy) is 2. The van der Waals surface area contributed by atoms with Crippen molar-refractivity contribution in [2.75, 3.05) is 44.2 Å². The standard InChI is InChI=1S/C20H30FN3O3/c1-20(2,3)27-19(25)24-12-10-23(11-13-24)18-14-16(4-5-17(18)21)26-15-6-8-22-9-7-15/h4-5,14-15,22H,6-13H2,1-3H3. The Kier molecular flexibility index (Phi) is 6.09. The SMILES string of the molecule is CC(C)(C)OC(=O)N1CCN(c2cc(OC3CCNCC3)ccc2F)CC1. The van der Waals surface area contributed by atoms with E-state index in [2.05, 4.69) is 5.32 Å². The highest BCUT2D eigenvalue weighted by atomic mass is 19.1. The third-order valence-corrected chi connectivity index (χ3v) is 4.78. The minimum absolute atomic E-state index is 0.175. The summed E-state index contributed by atoms with van der Waals surface area (Å²) in [4.78, 5) is 15.8. The summed E-state index contributed by atoms with van der Waals surface area (Å²) in [5, 5.41) is 3.31. The van der Waals surface area contributed by atoms with E-state index in [0.717, 1.165) is 25.9 Å². The first-order chi connectivity index (χ1) is 12.8. The monoisotopic (exact) mass is 379 g/mol. The molecule has 2 fully saturated rings. The van der Waals surface area contributed by atoms with Gasteiger partial charge < -0.3 is 24.6 Å². The molecular formula is C20H30FN3O3. The summed E-state index contributed by atoms with van der Waals surface area (Å²) < 4.78 is 25.9. The first-order valence-electron chi connectivity index (χ1n) is 9.71. The molecule has 2 saturated heterocycles. The molecule has 1 N–H and O–H groups in total. The number of nitrogens with zero attached hydrogens (tertiary/aromatic N) is 2. The van der Waals surface area contributed by atoms with Crippen LogP contribution in [0.2, 0.25) is 0 Å². The molecule has 0 aliphatic carbocycles.